The molecule has 0 unspecified atom stereocenters. The molecule has 4 heteroatoms. The number of halogens is 1. The molecule has 17 heavy (non-hydrogen) atoms. The third-order valence-corrected chi connectivity index (χ3v) is 2.75. The van der Waals surface area contributed by atoms with Crippen molar-refractivity contribution in [3.63, 3.8) is 0 Å². The first kappa shape index (κ1) is 14.2. The Bertz CT molecular complexity index is 380. The lowest BCUT2D eigenvalue weighted by Gasteiger charge is -2.06. The highest BCUT2D eigenvalue weighted by Gasteiger charge is 2.06. The molecular weight excluding hydrogens is 238 g/mol. The molecule has 0 aliphatic carbocycles. The average Bonchev–Trinajstić information content (AvgIpc) is 2.28. The summed E-state index contributed by atoms with van der Waals surface area (Å²) < 4.78 is 4.88. The number of hydrogen-bond donors (Lipinski definition) is 1. The number of carbonyl (C=O) groups excluding carboxylic acids is 1. The van der Waals surface area contributed by atoms with Crippen LogP contribution in [0.25, 0.3) is 0 Å². The number of Topliss-reactive ketones (excluding diaryl/α,β-unsaturated/α-hetero) is 1. The second kappa shape index (κ2) is 7.43. The van der Waals surface area contributed by atoms with Crippen LogP contribution in [0.15, 0.2) is 18.2 Å². The van der Waals surface area contributed by atoms with Gasteiger partial charge >= 0.3 is 0 Å². The maximum absolute atomic E-state index is 11.7. The highest BCUT2D eigenvalue weighted by molar-refractivity contribution is 6.31. The van der Waals surface area contributed by atoms with Crippen LogP contribution in [-0.4, -0.2) is 32.6 Å². The minimum Gasteiger partial charge on any atom is -0.383 e. The first-order chi connectivity index (χ1) is 8.13. The topological polar surface area (TPSA) is 38.3 Å². The Kier molecular flexibility index (Phi) is 6.19. The number of benzene rings is 1. The van der Waals surface area contributed by atoms with Crippen LogP contribution in [0.1, 0.15) is 11.1 Å². The van der Waals surface area contributed by atoms with Crippen LogP contribution in [0, 0.1) is 6.92 Å². The fraction of sp³-hybridized carbons (Fsp3) is 0.462. The van der Waals surface area contributed by atoms with Gasteiger partial charge in [-0.25, -0.2) is 0 Å². The summed E-state index contributed by atoms with van der Waals surface area (Å²) in [5, 5.41) is 3.68. The number of carbonyl (C=O) groups is 1. The van der Waals surface area contributed by atoms with Crippen molar-refractivity contribution in [1.29, 1.82) is 0 Å². The Morgan fingerprint density at radius 1 is 1.47 bits per heavy atom. The van der Waals surface area contributed by atoms with Gasteiger partial charge in [0.05, 0.1) is 13.2 Å². The van der Waals surface area contributed by atoms with Crippen molar-refractivity contribution in [3.05, 3.63) is 34.3 Å². The van der Waals surface area contributed by atoms with Crippen molar-refractivity contribution >= 4 is 17.4 Å². The van der Waals surface area contributed by atoms with E-state index in [-0.39, 0.29) is 5.78 Å². The first-order valence-electron chi connectivity index (χ1n) is 5.60. The minimum atomic E-state index is 0.131. The van der Waals surface area contributed by atoms with Crippen molar-refractivity contribution < 1.29 is 9.53 Å². The van der Waals surface area contributed by atoms with E-state index < -0.39 is 0 Å². The maximum atomic E-state index is 11.7. The molecule has 0 atom stereocenters. The van der Waals surface area contributed by atoms with E-state index in [0.717, 1.165) is 11.1 Å². The molecule has 0 fully saturated rings. The smallest absolute Gasteiger partial charge is 0.151 e. The van der Waals surface area contributed by atoms with Crippen molar-refractivity contribution in [1.82, 2.24) is 5.32 Å². The van der Waals surface area contributed by atoms with Crippen LogP contribution in [-0.2, 0) is 16.0 Å². The Morgan fingerprint density at radius 3 is 2.88 bits per heavy atom. The van der Waals surface area contributed by atoms with Gasteiger partial charge in [0.15, 0.2) is 5.78 Å². The summed E-state index contributed by atoms with van der Waals surface area (Å²) in [6.45, 7) is 3.62. The number of hydrogen-bond acceptors (Lipinski definition) is 3. The monoisotopic (exact) mass is 255 g/mol. The molecular formula is C13H18ClNO2. The summed E-state index contributed by atoms with van der Waals surface area (Å²) >= 11 is 6.06. The standard InChI is InChI=1S/C13H18ClNO2/c1-10-3-4-11(13(14)7-10)8-12(16)9-15-5-6-17-2/h3-4,7,15H,5-6,8-9H2,1-2H3. The first-order valence-corrected chi connectivity index (χ1v) is 5.97. The summed E-state index contributed by atoms with van der Waals surface area (Å²) in [6, 6.07) is 5.75. The number of methoxy groups -OCH3 is 1. The second-order valence-corrected chi connectivity index (χ2v) is 4.39. The van der Waals surface area contributed by atoms with Crippen LogP contribution in [0.2, 0.25) is 5.02 Å². The molecule has 0 radical (unpaired) electrons. The Hall–Kier alpha value is -0.900. The van der Waals surface area contributed by atoms with E-state index in [1.165, 1.54) is 0 Å². The zero-order chi connectivity index (χ0) is 12.7. The molecule has 0 spiro atoms. The minimum absolute atomic E-state index is 0.131. The molecule has 1 aromatic rings. The van der Waals surface area contributed by atoms with Crippen molar-refractivity contribution in [3.8, 4) is 0 Å². The van der Waals surface area contributed by atoms with Gasteiger partial charge in [0, 0.05) is 25.1 Å². The zero-order valence-corrected chi connectivity index (χ0v) is 11.0. The molecule has 0 aliphatic heterocycles. The van der Waals surface area contributed by atoms with Crippen LogP contribution >= 0.6 is 11.6 Å². The number of ether oxygens (including phenoxy) is 1. The molecule has 1 aromatic carbocycles. The van der Waals surface area contributed by atoms with Gasteiger partial charge in [-0.3, -0.25) is 4.79 Å². The van der Waals surface area contributed by atoms with E-state index in [1.807, 2.05) is 25.1 Å². The SMILES string of the molecule is COCCNCC(=O)Cc1ccc(C)cc1Cl. The highest BCUT2D eigenvalue weighted by Crippen LogP contribution is 2.18. The van der Waals surface area contributed by atoms with Crippen LogP contribution in [0.3, 0.4) is 0 Å². The van der Waals surface area contributed by atoms with E-state index in [2.05, 4.69) is 5.32 Å². The highest BCUT2D eigenvalue weighted by atomic mass is 35.5. The summed E-state index contributed by atoms with van der Waals surface area (Å²) in [4.78, 5) is 11.7. The van der Waals surface area contributed by atoms with Gasteiger partial charge in [-0.2, -0.15) is 0 Å². The molecule has 0 saturated heterocycles. The van der Waals surface area contributed by atoms with E-state index >= 15 is 0 Å². The summed E-state index contributed by atoms with van der Waals surface area (Å²) in [6.07, 6.45) is 0.374. The molecule has 1 N–H and O–H groups in total. The fourth-order valence-electron chi connectivity index (χ4n) is 1.47. The molecule has 0 heterocycles. The van der Waals surface area contributed by atoms with Crippen LogP contribution in [0.5, 0.6) is 0 Å². The predicted octanol–water partition coefficient (Wildman–Crippen LogP) is 2.00. The van der Waals surface area contributed by atoms with Gasteiger partial charge in [-0.1, -0.05) is 23.7 Å². The van der Waals surface area contributed by atoms with E-state index in [1.54, 1.807) is 7.11 Å². The third kappa shape index (κ3) is 5.31. The van der Waals surface area contributed by atoms with E-state index in [9.17, 15) is 4.79 Å². The molecule has 1 rings (SSSR count). The van der Waals surface area contributed by atoms with Gasteiger partial charge in [-0.15, -0.1) is 0 Å². The predicted molar refractivity (Wildman–Crippen MR) is 69.6 cm³/mol. The number of ketones is 1. The molecule has 0 amide bonds. The fourth-order valence-corrected chi connectivity index (χ4v) is 1.77. The van der Waals surface area contributed by atoms with Crippen molar-refractivity contribution in [2.24, 2.45) is 0 Å². The largest absolute Gasteiger partial charge is 0.383 e. The van der Waals surface area contributed by atoms with Gasteiger partial charge < -0.3 is 10.1 Å². The lowest BCUT2D eigenvalue weighted by Crippen LogP contribution is -2.27. The zero-order valence-electron chi connectivity index (χ0n) is 10.3. The van der Waals surface area contributed by atoms with Gasteiger partial charge in [-0.05, 0) is 24.1 Å². The lowest BCUT2D eigenvalue weighted by atomic mass is 10.1. The van der Waals surface area contributed by atoms with Crippen LogP contribution < -0.4 is 5.32 Å². The maximum Gasteiger partial charge on any atom is 0.151 e. The lowest BCUT2D eigenvalue weighted by molar-refractivity contribution is -0.117. The quantitative estimate of drug-likeness (QED) is 0.758. The van der Waals surface area contributed by atoms with E-state index in [0.29, 0.717) is 31.1 Å². The molecule has 0 bridgehead atoms. The Labute approximate surface area is 107 Å². The molecule has 94 valence electrons. The van der Waals surface area contributed by atoms with Gasteiger partial charge in [0.25, 0.3) is 0 Å². The van der Waals surface area contributed by atoms with Gasteiger partial charge in [0.2, 0.25) is 0 Å². The van der Waals surface area contributed by atoms with Crippen LogP contribution in [0.4, 0.5) is 0 Å². The molecule has 0 aromatic heterocycles. The average molecular weight is 256 g/mol. The van der Waals surface area contributed by atoms with E-state index in [4.69, 9.17) is 16.3 Å². The summed E-state index contributed by atoms with van der Waals surface area (Å²) in [5.41, 5.74) is 1.99. The molecule has 3 nitrogen and oxygen atoms in total. The molecule has 0 aliphatic rings. The number of aryl methyl sites for hydroxylation is 1. The Morgan fingerprint density at radius 2 is 2.24 bits per heavy atom. The summed E-state index contributed by atoms with van der Waals surface area (Å²) in [7, 11) is 1.63. The third-order valence-electron chi connectivity index (χ3n) is 2.40. The van der Waals surface area contributed by atoms with Crippen molar-refractivity contribution in [2.75, 3.05) is 26.8 Å². The molecule has 0 saturated carbocycles. The Balaban J connectivity index is 2.40. The number of nitrogens with one attached hydrogen (secondary N) is 1. The number of rotatable bonds is 7. The summed E-state index contributed by atoms with van der Waals surface area (Å²) in [5.74, 6) is 0.131. The van der Waals surface area contributed by atoms with Gasteiger partial charge in [0.1, 0.15) is 0 Å². The van der Waals surface area contributed by atoms with Crippen molar-refractivity contribution in [2.45, 2.75) is 13.3 Å². The second-order valence-electron chi connectivity index (χ2n) is 3.98. The normalized spacial score (nSPS) is 10.5.